The molecule has 0 saturated carbocycles. The number of anilines is 1. The van der Waals surface area contributed by atoms with Crippen LogP contribution in [0.5, 0.6) is 0 Å². The highest BCUT2D eigenvalue weighted by atomic mass is 79.9. The van der Waals surface area contributed by atoms with E-state index in [0.29, 0.717) is 16.9 Å². The molecule has 0 bridgehead atoms. The minimum atomic E-state index is -0.385. The number of H-pyrrole nitrogens is 1. The molecule has 0 radical (unpaired) electrons. The molecule has 2 aromatic heterocycles. The molecule has 0 fully saturated rings. The van der Waals surface area contributed by atoms with Crippen LogP contribution in [0.2, 0.25) is 0 Å². The molecule has 0 amide bonds. The van der Waals surface area contributed by atoms with Crippen molar-refractivity contribution >= 4 is 43.6 Å². The van der Waals surface area contributed by atoms with E-state index in [1.807, 2.05) is 24.3 Å². The monoisotopic (exact) mass is 352 g/mol. The van der Waals surface area contributed by atoms with Crippen LogP contribution in [0.3, 0.4) is 0 Å². The number of nitrogens with two attached hydrogens (primary N) is 1. The van der Waals surface area contributed by atoms with Crippen molar-refractivity contribution in [1.29, 1.82) is 0 Å². The molecule has 102 valence electrons. The second kappa shape index (κ2) is 4.88. The molecule has 0 saturated heterocycles. The smallest absolute Gasteiger partial charge is 0.309 e. The van der Waals surface area contributed by atoms with Gasteiger partial charge in [-0.3, -0.25) is 19.1 Å². The predicted octanol–water partition coefficient (Wildman–Crippen LogP) is 1.54. The van der Waals surface area contributed by atoms with Crippen LogP contribution >= 0.6 is 27.3 Å². The second-order valence-corrected chi connectivity index (χ2v) is 6.06. The molecule has 8 heteroatoms. The first-order valence-electron chi connectivity index (χ1n) is 5.68. The van der Waals surface area contributed by atoms with E-state index in [1.54, 1.807) is 0 Å². The maximum atomic E-state index is 12.0. The SMILES string of the molecule is Nc1nc2c(sc(=O)n2Cc2ccc(Br)cc2)c(=O)[nH]1. The van der Waals surface area contributed by atoms with Crippen molar-refractivity contribution < 1.29 is 0 Å². The first kappa shape index (κ1) is 13.1. The lowest BCUT2D eigenvalue weighted by molar-refractivity contribution is 0.803. The van der Waals surface area contributed by atoms with Gasteiger partial charge >= 0.3 is 4.87 Å². The van der Waals surface area contributed by atoms with Gasteiger partial charge in [0.1, 0.15) is 4.70 Å². The Morgan fingerprint density at radius 3 is 2.70 bits per heavy atom. The quantitative estimate of drug-likeness (QED) is 0.731. The fourth-order valence-corrected chi connectivity index (χ4v) is 2.97. The van der Waals surface area contributed by atoms with Crippen LogP contribution in [0.1, 0.15) is 5.56 Å². The number of halogens is 1. The maximum Gasteiger partial charge on any atom is 0.309 e. The lowest BCUT2D eigenvalue weighted by atomic mass is 10.2. The first-order valence-corrected chi connectivity index (χ1v) is 7.29. The zero-order chi connectivity index (χ0) is 14.3. The number of fused-ring (bicyclic) bond motifs is 1. The third-order valence-corrected chi connectivity index (χ3v) is 4.29. The molecule has 0 unspecified atom stereocenters. The number of nitrogen functional groups attached to an aromatic ring is 1. The Kier molecular flexibility index (Phi) is 3.19. The summed E-state index contributed by atoms with van der Waals surface area (Å²) in [6, 6.07) is 7.58. The summed E-state index contributed by atoms with van der Waals surface area (Å²) in [5.74, 6) is 0.00450. The molecule has 0 spiro atoms. The van der Waals surface area contributed by atoms with Crippen LogP contribution in [0.25, 0.3) is 10.3 Å². The van der Waals surface area contributed by atoms with E-state index < -0.39 is 0 Å². The summed E-state index contributed by atoms with van der Waals surface area (Å²) in [4.78, 5) is 30.0. The lowest BCUT2D eigenvalue weighted by Crippen LogP contribution is -2.16. The third kappa shape index (κ3) is 2.27. The molecular weight excluding hydrogens is 344 g/mol. The van der Waals surface area contributed by atoms with Gasteiger partial charge in [0, 0.05) is 4.47 Å². The summed E-state index contributed by atoms with van der Waals surface area (Å²) >= 11 is 4.23. The molecule has 0 atom stereocenters. The minimum Gasteiger partial charge on any atom is -0.369 e. The standard InChI is InChI=1S/C12H9BrN4O2S/c13-7-3-1-6(2-4-7)5-17-9-8(20-12(17)19)10(18)16-11(14)15-9/h1-4H,5H2,(H3,14,15,16,18). The van der Waals surface area contributed by atoms with Gasteiger partial charge in [0.25, 0.3) is 5.56 Å². The topological polar surface area (TPSA) is 93.8 Å². The molecule has 20 heavy (non-hydrogen) atoms. The highest BCUT2D eigenvalue weighted by molar-refractivity contribution is 9.10. The van der Waals surface area contributed by atoms with Crippen molar-refractivity contribution in [3.63, 3.8) is 0 Å². The van der Waals surface area contributed by atoms with E-state index in [-0.39, 0.29) is 16.4 Å². The fraction of sp³-hybridized carbons (Fsp3) is 0.0833. The van der Waals surface area contributed by atoms with Crippen LogP contribution in [0.4, 0.5) is 5.95 Å². The molecule has 6 nitrogen and oxygen atoms in total. The summed E-state index contributed by atoms with van der Waals surface area (Å²) in [5.41, 5.74) is 6.41. The van der Waals surface area contributed by atoms with Crippen molar-refractivity contribution in [1.82, 2.24) is 14.5 Å². The Hall–Kier alpha value is -1.93. The normalized spacial score (nSPS) is 11.1. The van der Waals surface area contributed by atoms with Crippen molar-refractivity contribution in [2.75, 3.05) is 5.73 Å². The van der Waals surface area contributed by atoms with Crippen LogP contribution in [-0.4, -0.2) is 14.5 Å². The Morgan fingerprint density at radius 2 is 2.00 bits per heavy atom. The summed E-state index contributed by atoms with van der Waals surface area (Å²) in [5, 5.41) is 0. The minimum absolute atomic E-state index is 0.00450. The number of nitrogens with zero attached hydrogens (tertiary/aromatic N) is 2. The number of hydrogen-bond donors (Lipinski definition) is 2. The van der Waals surface area contributed by atoms with E-state index in [2.05, 4.69) is 25.9 Å². The Balaban J connectivity index is 2.16. The van der Waals surface area contributed by atoms with Gasteiger partial charge in [0.05, 0.1) is 6.54 Å². The number of thiazole rings is 1. The van der Waals surface area contributed by atoms with Crippen molar-refractivity contribution in [3.05, 3.63) is 54.3 Å². The lowest BCUT2D eigenvalue weighted by Gasteiger charge is -2.03. The average Bonchev–Trinajstić information content (AvgIpc) is 2.70. The molecule has 1 aromatic carbocycles. The van der Waals surface area contributed by atoms with Gasteiger partial charge in [-0.2, -0.15) is 4.98 Å². The molecule has 2 heterocycles. The molecule has 0 aliphatic carbocycles. The zero-order valence-corrected chi connectivity index (χ0v) is 12.5. The van der Waals surface area contributed by atoms with Gasteiger partial charge in [-0.1, -0.05) is 39.4 Å². The van der Waals surface area contributed by atoms with Gasteiger partial charge in [0.15, 0.2) is 5.65 Å². The number of aromatic nitrogens is 3. The van der Waals surface area contributed by atoms with Crippen molar-refractivity contribution in [3.8, 4) is 0 Å². The van der Waals surface area contributed by atoms with Gasteiger partial charge < -0.3 is 5.73 Å². The van der Waals surface area contributed by atoms with Gasteiger partial charge in [0.2, 0.25) is 5.95 Å². The second-order valence-electron chi connectivity index (χ2n) is 4.18. The molecule has 0 aliphatic heterocycles. The largest absolute Gasteiger partial charge is 0.369 e. The van der Waals surface area contributed by atoms with Crippen LogP contribution in [0.15, 0.2) is 38.3 Å². The van der Waals surface area contributed by atoms with Crippen molar-refractivity contribution in [2.45, 2.75) is 6.54 Å². The van der Waals surface area contributed by atoms with Crippen molar-refractivity contribution in [2.24, 2.45) is 0 Å². The molecule has 3 N–H and O–H groups in total. The van der Waals surface area contributed by atoms with E-state index in [0.717, 1.165) is 21.4 Å². The zero-order valence-electron chi connectivity index (χ0n) is 10.1. The Morgan fingerprint density at radius 1 is 1.30 bits per heavy atom. The number of nitrogens with one attached hydrogen (secondary N) is 1. The third-order valence-electron chi connectivity index (χ3n) is 2.80. The van der Waals surface area contributed by atoms with Gasteiger partial charge in [-0.15, -0.1) is 0 Å². The van der Waals surface area contributed by atoms with Crippen LogP contribution in [-0.2, 0) is 6.54 Å². The van der Waals surface area contributed by atoms with E-state index in [9.17, 15) is 9.59 Å². The van der Waals surface area contributed by atoms with E-state index >= 15 is 0 Å². The molecular formula is C12H9BrN4O2S. The van der Waals surface area contributed by atoms with Crippen LogP contribution in [0, 0.1) is 0 Å². The summed E-state index contributed by atoms with van der Waals surface area (Å²) in [7, 11) is 0. The summed E-state index contributed by atoms with van der Waals surface area (Å²) < 4.78 is 2.71. The summed E-state index contributed by atoms with van der Waals surface area (Å²) in [6.07, 6.45) is 0. The summed E-state index contributed by atoms with van der Waals surface area (Å²) in [6.45, 7) is 0.349. The average molecular weight is 353 g/mol. The highest BCUT2D eigenvalue weighted by Gasteiger charge is 2.13. The Bertz CT molecular complexity index is 894. The van der Waals surface area contributed by atoms with Gasteiger partial charge in [-0.25, -0.2) is 0 Å². The number of rotatable bonds is 2. The van der Waals surface area contributed by atoms with Gasteiger partial charge in [-0.05, 0) is 17.7 Å². The maximum absolute atomic E-state index is 12.0. The number of aromatic amines is 1. The fourth-order valence-electron chi connectivity index (χ4n) is 1.88. The van der Waals surface area contributed by atoms with E-state index in [4.69, 9.17) is 5.73 Å². The first-order chi connectivity index (χ1) is 9.54. The molecule has 3 aromatic rings. The van der Waals surface area contributed by atoms with Crippen LogP contribution < -0.4 is 16.2 Å². The number of hydrogen-bond acceptors (Lipinski definition) is 5. The number of benzene rings is 1. The molecule has 3 rings (SSSR count). The van der Waals surface area contributed by atoms with E-state index in [1.165, 1.54) is 4.57 Å². The predicted molar refractivity (Wildman–Crippen MR) is 82.2 cm³/mol. The molecule has 0 aliphatic rings. The Labute approximate surface area is 125 Å². The highest BCUT2D eigenvalue weighted by Crippen LogP contribution is 2.15.